The van der Waals surface area contributed by atoms with E-state index in [1.54, 1.807) is 0 Å². The first-order valence-corrected chi connectivity index (χ1v) is 9.56. The zero-order valence-electron chi connectivity index (χ0n) is 13.8. The van der Waals surface area contributed by atoms with E-state index in [-0.39, 0.29) is 5.56 Å². The Morgan fingerprint density at radius 2 is 2.00 bits per heavy atom. The van der Waals surface area contributed by atoms with Gasteiger partial charge in [0.1, 0.15) is 5.82 Å². The predicted molar refractivity (Wildman–Crippen MR) is 103 cm³/mol. The number of nitrogens with one attached hydrogen (secondary N) is 1. The van der Waals surface area contributed by atoms with Gasteiger partial charge in [0.05, 0.1) is 16.6 Å². The van der Waals surface area contributed by atoms with Crippen LogP contribution in [-0.2, 0) is 6.42 Å². The summed E-state index contributed by atoms with van der Waals surface area (Å²) in [7, 11) is 0. The van der Waals surface area contributed by atoms with Crippen molar-refractivity contribution >= 4 is 26.8 Å². The van der Waals surface area contributed by atoms with Gasteiger partial charge < -0.3 is 5.32 Å². The Hall–Kier alpha value is -1.98. The Kier molecular flexibility index (Phi) is 3.54. The van der Waals surface area contributed by atoms with Crippen LogP contribution in [0, 0.1) is 0 Å². The van der Waals surface area contributed by atoms with E-state index in [9.17, 15) is 4.79 Å². The van der Waals surface area contributed by atoms with Gasteiger partial charge in [0.25, 0.3) is 5.56 Å². The standard InChI is InChI=1S/C20H18BrN3O/c21-15-2-1-3-17-19(15)20(25)23-18-11-14-10-13(4-5-16(14)24(17)18)12-6-8-22-9-7-12/h1-5,10,12,22H,6-9,11H2. The van der Waals surface area contributed by atoms with Crippen molar-refractivity contribution in [2.75, 3.05) is 13.1 Å². The molecule has 0 unspecified atom stereocenters. The molecule has 0 aliphatic carbocycles. The molecule has 0 spiro atoms. The van der Waals surface area contributed by atoms with E-state index in [1.165, 1.54) is 24.0 Å². The van der Waals surface area contributed by atoms with Crippen LogP contribution in [0.3, 0.4) is 0 Å². The smallest absolute Gasteiger partial charge is 0.281 e. The summed E-state index contributed by atoms with van der Waals surface area (Å²) in [6.07, 6.45) is 3.11. The van der Waals surface area contributed by atoms with Crippen LogP contribution < -0.4 is 10.9 Å². The molecular formula is C20H18BrN3O. The van der Waals surface area contributed by atoms with E-state index in [0.29, 0.717) is 11.3 Å². The molecule has 0 saturated carbocycles. The van der Waals surface area contributed by atoms with Crippen molar-refractivity contribution in [2.45, 2.75) is 25.2 Å². The second-order valence-corrected chi connectivity index (χ2v) is 7.75. The fourth-order valence-corrected chi connectivity index (χ4v) is 4.73. The van der Waals surface area contributed by atoms with Crippen molar-refractivity contribution in [1.29, 1.82) is 0 Å². The quantitative estimate of drug-likeness (QED) is 0.536. The topological polar surface area (TPSA) is 46.9 Å². The second-order valence-electron chi connectivity index (χ2n) is 6.89. The molecule has 5 rings (SSSR count). The van der Waals surface area contributed by atoms with Crippen LogP contribution in [0.25, 0.3) is 16.6 Å². The number of nitrogens with zero attached hydrogens (tertiary/aromatic N) is 2. The van der Waals surface area contributed by atoms with Crippen molar-refractivity contribution in [3.8, 4) is 5.69 Å². The highest BCUT2D eigenvalue weighted by Gasteiger charge is 2.24. The molecule has 2 aliphatic heterocycles. The minimum atomic E-state index is -0.153. The maximum absolute atomic E-state index is 12.5. The van der Waals surface area contributed by atoms with E-state index < -0.39 is 0 Å². The molecule has 0 amide bonds. The van der Waals surface area contributed by atoms with E-state index in [0.717, 1.165) is 41.0 Å². The number of hydrogen-bond acceptors (Lipinski definition) is 3. The van der Waals surface area contributed by atoms with Crippen molar-refractivity contribution in [3.05, 3.63) is 68.2 Å². The van der Waals surface area contributed by atoms with Crippen LogP contribution in [0.15, 0.2) is 45.7 Å². The van der Waals surface area contributed by atoms with Gasteiger partial charge in [-0.05, 0) is 77.1 Å². The second kappa shape index (κ2) is 5.78. The third kappa shape index (κ3) is 2.37. The van der Waals surface area contributed by atoms with Gasteiger partial charge in [-0.1, -0.05) is 18.2 Å². The number of hydrogen-bond donors (Lipinski definition) is 1. The van der Waals surface area contributed by atoms with Crippen molar-refractivity contribution in [1.82, 2.24) is 14.9 Å². The molecule has 0 radical (unpaired) electrons. The number of benzene rings is 2. The number of rotatable bonds is 1. The average Bonchev–Trinajstić information content (AvgIpc) is 2.99. The summed E-state index contributed by atoms with van der Waals surface area (Å²) in [5.74, 6) is 1.47. The van der Waals surface area contributed by atoms with Gasteiger partial charge in [-0.2, -0.15) is 4.98 Å². The first-order chi connectivity index (χ1) is 12.2. The largest absolute Gasteiger partial charge is 0.317 e. The van der Waals surface area contributed by atoms with Crippen molar-refractivity contribution in [3.63, 3.8) is 0 Å². The van der Waals surface area contributed by atoms with E-state index in [4.69, 9.17) is 0 Å². The third-order valence-corrected chi connectivity index (χ3v) is 6.10. The van der Waals surface area contributed by atoms with Gasteiger partial charge in [-0.25, -0.2) is 0 Å². The fourth-order valence-electron chi connectivity index (χ4n) is 4.21. The molecule has 2 aliphatic rings. The number of halogens is 1. The summed E-state index contributed by atoms with van der Waals surface area (Å²) in [5, 5.41) is 4.08. The van der Waals surface area contributed by atoms with Gasteiger partial charge in [-0.3, -0.25) is 9.36 Å². The Morgan fingerprint density at radius 3 is 2.84 bits per heavy atom. The lowest BCUT2D eigenvalue weighted by molar-refractivity contribution is 0.460. The molecule has 25 heavy (non-hydrogen) atoms. The van der Waals surface area contributed by atoms with Crippen LogP contribution in [0.4, 0.5) is 0 Å². The molecular weight excluding hydrogens is 378 g/mol. The Labute approximate surface area is 154 Å². The lowest BCUT2D eigenvalue weighted by atomic mass is 9.89. The summed E-state index contributed by atoms with van der Waals surface area (Å²) in [5.41, 5.74) is 4.62. The molecule has 1 fully saturated rings. The van der Waals surface area contributed by atoms with Crippen LogP contribution in [0.2, 0.25) is 0 Å². The van der Waals surface area contributed by atoms with Crippen LogP contribution in [-0.4, -0.2) is 22.6 Å². The summed E-state index contributed by atoms with van der Waals surface area (Å²) >= 11 is 3.50. The summed E-state index contributed by atoms with van der Waals surface area (Å²) in [6, 6.07) is 12.7. The highest BCUT2D eigenvalue weighted by molar-refractivity contribution is 9.10. The molecule has 5 heteroatoms. The van der Waals surface area contributed by atoms with Crippen molar-refractivity contribution in [2.24, 2.45) is 0 Å². The summed E-state index contributed by atoms with van der Waals surface area (Å²) < 4.78 is 2.95. The maximum atomic E-state index is 12.5. The lowest BCUT2D eigenvalue weighted by Crippen LogP contribution is -2.26. The first kappa shape index (κ1) is 15.3. The third-order valence-electron chi connectivity index (χ3n) is 5.44. The van der Waals surface area contributed by atoms with Crippen molar-refractivity contribution < 1.29 is 0 Å². The molecule has 1 N–H and O–H groups in total. The Balaban J connectivity index is 1.68. The van der Waals surface area contributed by atoms with Gasteiger partial charge in [-0.15, -0.1) is 0 Å². The Morgan fingerprint density at radius 1 is 1.16 bits per heavy atom. The molecule has 0 bridgehead atoms. The monoisotopic (exact) mass is 395 g/mol. The molecule has 3 aromatic rings. The van der Waals surface area contributed by atoms with Crippen LogP contribution in [0.5, 0.6) is 0 Å². The highest BCUT2D eigenvalue weighted by Crippen LogP contribution is 2.34. The van der Waals surface area contributed by atoms with Crippen LogP contribution in [0.1, 0.15) is 35.7 Å². The zero-order chi connectivity index (χ0) is 17.0. The van der Waals surface area contributed by atoms with Gasteiger partial charge in [0.15, 0.2) is 0 Å². The molecule has 126 valence electrons. The average molecular weight is 396 g/mol. The molecule has 1 aromatic heterocycles. The SMILES string of the molecule is O=c1nc2n(c3cccc(Br)c13)-c1ccc(C3CCNCC3)cc1C2. The van der Waals surface area contributed by atoms with E-state index >= 15 is 0 Å². The Bertz CT molecular complexity index is 1050. The minimum Gasteiger partial charge on any atom is -0.317 e. The molecule has 3 heterocycles. The number of aromatic nitrogens is 2. The number of fused-ring (bicyclic) bond motifs is 5. The fraction of sp³-hybridized carbons (Fsp3) is 0.300. The number of piperidine rings is 1. The molecule has 2 aromatic carbocycles. The van der Waals surface area contributed by atoms with Gasteiger partial charge in [0.2, 0.25) is 0 Å². The zero-order valence-corrected chi connectivity index (χ0v) is 15.3. The predicted octanol–water partition coefficient (Wildman–Crippen LogP) is 3.52. The normalized spacial score (nSPS) is 16.8. The lowest BCUT2D eigenvalue weighted by Gasteiger charge is -2.23. The van der Waals surface area contributed by atoms with Crippen LogP contribution >= 0.6 is 15.9 Å². The molecule has 4 nitrogen and oxygen atoms in total. The molecule has 0 atom stereocenters. The van der Waals surface area contributed by atoms with Gasteiger partial charge >= 0.3 is 0 Å². The first-order valence-electron chi connectivity index (χ1n) is 8.76. The summed E-state index contributed by atoms with van der Waals surface area (Å²) in [6.45, 7) is 2.19. The molecule has 1 saturated heterocycles. The van der Waals surface area contributed by atoms with E-state index in [2.05, 4.69) is 49.0 Å². The van der Waals surface area contributed by atoms with E-state index in [1.807, 2.05) is 18.2 Å². The highest BCUT2D eigenvalue weighted by atomic mass is 79.9. The summed E-state index contributed by atoms with van der Waals surface area (Å²) in [4.78, 5) is 16.8. The maximum Gasteiger partial charge on any atom is 0.281 e. The minimum absolute atomic E-state index is 0.153. The van der Waals surface area contributed by atoms with Gasteiger partial charge in [0, 0.05) is 10.9 Å².